The van der Waals surface area contributed by atoms with Gasteiger partial charge in [-0.2, -0.15) is 11.8 Å². The van der Waals surface area contributed by atoms with Gasteiger partial charge in [-0.3, -0.25) is 0 Å². The van der Waals surface area contributed by atoms with Gasteiger partial charge in [0.25, 0.3) is 0 Å². The van der Waals surface area contributed by atoms with E-state index in [4.69, 9.17) is 10.5 Å². The zero-order valence-corrected chi connectivity index (χ0v) is 11.5. The highest BCUT2D eigenvalue weighted by molar-refractivity contribution is 7.99. The van der Waals surface area contributed by atoms with Crippen LogP contribution in [0.15, 0.2) is 24.3 Å². The molecule has 0 aliphatic carbocycles. The fraction of sp³-hybridized carbons (Fsp3) is 0.571. The number of nitrogens with two attached hydrogens (primary N) is 1. The molecular weight excluding hydrogens is 230 g/mol. The number of hydrogen-bond acceptors (Lipinski definition) is 3. The minimum Gasteiger partial charge on any atom is -0.493 e. The van der Waals surface area contributed by atoms with Gasteiger partial charge in [-0.05, 0) is 30.4 Å². The van der Waals surface area contributed by atoms with Crippen molar-refractivity contribution in [3.63, 3.8) is 0 Å². The summed E-state index contributed by atoms with van der Waals surface area (Å²) < 4.78 is 5.74. The van der Waals surface area contributed by atoms with E-state index in [9.17, 15) is 0 Å². The van der Waals surface area contributed by atoms with Crippen LogP contribution in [-0.2, 0) is 6.54 Å². The van der Waals surface area contributed by atoms with Crippen LogP contribution in [0.4, 0.5) is 0 Å². The summed E-state index contributed by atoms with van der Waals surface area (Å²) in [5.41, 5.74) is 6.74. The minimum absolute atomic E-state index is 0.543. The summed E-state index contributed by atoms with van der Waals surface area (Å²) in [6.07, 6.45) is 3.71. The van der Waals surface area contributed by atoms with E-state index in [1.165, 1.54) is 24.3 Å². The maximum atomic E-state index is 5.74. The Bertz CT molecular complexity index is 304. The summed E-state index contributed by atoms with van der Waals surface area (Å²) in [4.78, 5) is 0. The van der Waals surface area contributed by atoms with Crippen LogP contribution in [0.5, 0.6) is 5.75 Å². The fourth-order valence-corrected chi connectivity index (χ4v) is 2.52. The van der Waals surface area contributed by atoms with Crippen molar-refractivity contribution in [1.82, 2.24) is 0 Å². The number of thioether (sulfide) groups is 1. The van der Waals surface area contributed by atoms with Crippen molar-refractivity contribution >= 4 is 11.8 Å². The smallest absolute Gasteiger partial charge is 0.123 e. The Hall–Kier alpha value is -0.670. The van der Waals surface area contributed by atoms with Crippen molar-refractivity contribution in [3.05, 3.63) is 29.8 Å². The lowest BCUT2D eigenvalue weighted by atomic mass is 10.2. The number of para-hydroxylation sites is 1. The molecule has 0 aliphatic rings. The quantitative estimate of drug-likeness (QED) is 0.685. The lowest BCUT2D eigenvalue weighted by molar-refractivity contribution is 0.315. The molecule has 1 aromatic carbocycles. The molecule has 2 nitrogen and oxygen atoms in total. The molecule has 0 radical (unpaired) electrons. The highest BCUT2D eigenvalue weighted by Gasteiger charge is 2.00. The summed E-state index contributed by atoms with van der Waals surface area (Å²) in [7, 11) is 0. The largest absolute Gasteiger partial charge is 0.493 e. The van der Waals surface area contributed by atoms with Crippen LogP contribution in [0.25, 0.3) is 0 Å². The van der Waals surface area contributed by atoms with Crippen molar-refractivity contribution < 1.29 is 4.74 Å². The monoisotopic (exact) mass is 253 g/mol. The van der Waals surface area contributed by atoms with Crippen LogP contribution in [0, 0.1) is 0 Å². The Morgan fingerprint density at radius 3 is 2.71 bits per heavy atom. The van der Waals surface area contributed by atoms with Crippen molar-refractivity contribution in [2.45, 2.75) is 32.7 Å². The third kappa shape index (κ3) is 5.99. The van der Waals surface area contributed by atoms with E-state index in [1.54, 1.807) is 0 Å². The normalized spacial score (nSPS) is 10.5. The molecule has 0 heterocycles. The molecule has 2 N–H and O–H groups in total. The highest BCUT2D eigenvalue weighted by atomic mass is 32.2. The van der Waals surface area contributed by atoms with Gasteiger partial charge in [-0.1, -0.05) is 31.5 Å². The molecule has 0 bridgehead atoms. The predicted molar refractivity (Wildman–Crippen MR) is 76.7 cm³/mol. The van der Waals surface area contributed by atoms with Crippen LogP contribution in [0.1, 0.15) is 31.7 Å². The Balaban J connectivity index is 2.13. The van der Waals surface area contributed by atoms with E-state index < -0.39 is 0 Å². The Morgan fingerprint density at radius 2 is 1.94 bits per heavy atom. The number of rotatable bonds is 9. The van der Waals surface area contributed by atoms with Crippen LogP contribution < -0.4 is 10.5 Å². The predicted octanol–water partition coefficient (Wildman–Crippen LogP) is 3.45. The number of ether oxygens (including phenoxy) is 1. The van der Waals surface area contributed by atoms with Gasteiger partial charge < -0.3 is 10.5 Å². The van der Waals surface area contributed by atoms with Crippen molar-refractivity contribution in [2.24, 2.45) is 5.73 Å². The molecule has 0 aromatic heterocycles. The number of unbranched alkanes of at least 4 members (excludes halogenated alkanes) is 1. The first-order valence-electron chi connectivity index (χ1n) is 6.37. The van der Waals surface area contributed by atoms with Gasteiger partial charge in [0.05, 0.1) is 6.61 Å². The number of hydrogen-bond donors (Lipinski definition) is 1. The first kappa shape index (κ1) is 14.4. The Morgan fingerprint density at radius 1 is 1.18 bits per heavy atom. The molecule has 17 heavy (non-hydrogen) atoms. The first-order valence-corrected chi connectivity index (χ1v) is 7.52. The topological polar surface area (TPSA) is 35.2 Å². The maximum Gasteiger partial charge on any atom is 0.123 e. The lowest BCUT2D eigenvalue weighted by Gasteiger charge is -2.09. The van der Waals surface area contributed by atoms with Crippen molar-refractivity contribution in [3.8, 4) is 5.75 Å². The van der Waals surface area contributed by atoms with E-state index in [1.807, 2.05) is 36.0 Å². The molecular formula is C14H23NOS. The molecule has 0 fully saturated rings. The second-order valence-electron chi connectivity index (χ2n) is 3.98. The molecule has 96 valence electrons. The van der Waals surface area contributed by atoms with E-state index >= 15 is 0 Å². The van der Waals surface area contributed by atoms with Crippen LogP contribution in [0.3, 0.4) is 0 Å². The summed E-state index contributed by atoms with van der Waals surface area (Å²) in [5.74, 6) is 3.40. The van der Waals surface area contributed by atoms with Gasteiger partial charge in [-0.25, -0.2) is 0 Å². The minimum atomic E-state index is 0.543. The molecule has 0 aliphatic heterocycles. The van der Waals surface area contributed by atoms with Crippen LogP contribution in [-0.4, -0.2) is 18.1 Å². The molecule has 0 unspecified atom stereocenters. The van der Waals surface area contributed by atoms with Gasteiger partial charge >= 0.3 is 0 Å². The second kappa shape index (κ2) is 9.37. The first-order chi connectivity index (χ1) is 8.38. The average Bonchev–Trinajstić information content (AvgIpc) is 2.38. The maximum absolute atomic E-state index is 5.74. The molecule has 1 aromatic rings. The standard InChI is InChI=1S/C14H23NOS/c1-2-3-10-17-11-6-9-16-14-8-5-4-7-13(14)12-15/h4-5,7-8H,2-3,6,9-12,15H2,1H3. The van der Waals surface area contributed by atoms with Gasteiger partial charge in [0.2, 0.25) is 0 Å². The van der Waals surface area contributed by atoms with Crippen molar-refractivity contribution in [2.75, 3.05) is 18.1 Å². The van der Waals surface area contributed by atoms with E-state index in [2.05, 4.69) is 6.92 Å². The van der Waals surface area contributed by atoms with E-state index in [-0.39, 0.29) is 0 Å². The van der Waals surface area contributed by atoms with Gasteiger partial charge in [-0.15, -0.1) is 0 Å². The number of benzene rings is 1. The Labute approximate surface area is 109 Å². The Kier molecular flexibility index (Phi) is 7.93. The SMILES string of the molecule is CCCCSCCCOc1ccccc1CN. The fourth-order valence-electron chi connectivity index (χ4n) is 1.50. The molecule has 0 saturated carbocycles. The summed E-state index contributed by atoms with van der Waals surface area (Å²) in [5, 5.41) is 0. The second-order valence-corrected chi connectivity index (χ2v) is 5.20. The van der Waals surface area contributed by atoms with Crippen LogP contribution in [0.2, 0.25) is 0 Å². The average molecular weight is 253 g/mol. The third-order valence-electron chi connectivity index (χ3n) is 2.53. The van der Waals surface area contributed by atoms with Gasteiger partial charge in [0.1, 0.15) is 5.75 Å². The summed E-state index contributed by atoms with van der Waals surface area (Å²) >= 11 is 2.02. The molecule has 0 amide bonds. The molecule has 0 spiro atoms. The van der Waals surface area contributed by atoms with E-state index in [0.717, 1.165) is 24.3 Å². The molecule has 3 heteroatoms. The van der Waals surface area contributed by atoms with E-state index in [0.29, 0.717) is 6.54 Å². The zero-order chi connectivity index (χ0) is 12.3. The van der Waals surface area contributed by atoms with Gasteiger partial charge in [0, 0.05) is 12.1 Å². The molecule has 0 saturated heterocycles. The molecule has 0 atom stereocenters. The lowest BCUT2D eigenvalue weighted by Crippen LogP contribution is -2.04. The highest BCUT2D eigenvalue weighted by Crippen LogP contribution is 2.17. The summed E-state index contributed by atoms with van der Waals surface area (Å²) in [6, 6.07) is 8.00. The summed E-state index contributed by atoms with van der Waals surface area (Å²) in [6.45, 7) is 3.56. The van der Waals surface area contributed by atoms with Gasteiger partial charge in [0.15, 0.2) is 0 Å². The molecule has 1 rings (SSSR count). The third-order valence-corrected chi connectivity index (χ3v) is 3.68. The van der Waals surface area contributed by atoms with Crippen LogP contribution >= 0.6 is 11.8 Å². The van der Waals surface area contributed by atoms with Crippen molar-refractivity contribution in [1.29, 1.82) is 0 Å². The zero-order valence-electron chi connectivity index (χ0n) is 10.7.